The predicted molar refractivity (Wildman–Crippen MR) is 80.3 cm³/mol. The quantitative estimate of drug-likeness (QED) is 0.389. The molecule has 0 spiro atoms. The van der Waals surface area contributed by atoms with E-state index in [4.69, 9.17) is 9.84 Å². The summed E-state index contributed by atoms with van der Waals surface area (Å²) in [4.78, 5) is 23.4. The number of likely N-dealkylation sites (tertiary alicyclic amines) is 1. The van der Waals surface area contributed by atoms with E-state index in [1.807, 2.05) is 0 Å². The highest BCUT2D eigenvalue weighted by Crippen LogP contribution is 2.28. The van der Waals surface area contributed by atoms with Gasteiger partial charge >= 0.3 is 6.16 Å². The molecule has 1 aliphatic rings. The number of hydrogen-bond donors (Lipinski definition) is 1. The Kier molecular flexibility index (Phi) is 5.32. The van der Waals surface area contributed by atoms with Crippen LogP contribution in [-0.4, -0.2) is 40.7 Å². The Morgan fingerprint density at radius 1 is 1.50 bits per heavy atom. The summed E-state index contributed by atoms with van der Waals surface area (Å²) < 4.78 is 4.73. The van der Waals surface area contributed by atoms with Crippen LogP contribution in [0.3, 0.4) is 0 Å². The molecule has 22 heavy (non-hydrogen) atoms. The van der Waals surface area contributed by atoms with E-state index >= 15 is 0 Å². The summed E-state index contributed by atoms with van der Waals surface area (Å²) >= 11 is 0. The molecule has 7 nitrogen and oxygen atoms in total. The first-order chi connectivity index (χ1) is 10.5. The Morgan fingerprint density at radius 3 is 2.91 bits per heavy atom. The van der Waals surface area contributed by atoms with Crippen molar-refractivity contribution in [2.45, 2.75) is 38.1 Å². The van der Waals surface area contributed by atoms with Gasteiger partial charge in [-0.15, -0.1) is 0 Å². The van der Waals surface area contributed by atoms with E-state index in [2.05, 4.69) is 11.9 Å². The molecule has 1 atom stereocenters. The maximum Gasteiger partial charge on any atom is 0.511 e. The molecule has 1 saturated heterocycles. The number of nitrogens with zero attached hydrogens (tertiary/aromatic N) is 2. The zero-order valence-corrected chi connectivity index (χ0v) is 12.5. The Labute approximate surface area is 128 Å². The average molecular weight is 308 g/mol. The first-order valence-corrected chi connectivity index (χ1v) is 7.35. The van der Waals surface area contributed by atoms with Gasteiger partial charge in [-0.3, -0.25) is 10.1 Å². The number of piperidine rings is 1. The lowest BCUT2D eigenvalue weighted by atomic mass is 9.96. The largest absolute Gasteiger partial charge is 0.511 e. The van der Waals surface area contributed by atoms with Crippen LogP contribution in [0.15, 0.2) is 18.2 Å². The molecule has 120 valence electrons. The number of hydrogen-bond acceptors (Lipinski definition) is 5. The Balaban J connectivity index is 2.13. The maximum absolute atomic E-state index is 10.9. The fourth-order valence-electron chi connectivity index (χ4n) is 2.90. The topological polar surface area (TPSA) is 92.9 Å². The molecule has 0 aliphatic carbocycles. The van der Waals surface area contributed by atoms with E-state index in [0.29, 0.717) is 18.0 Å². The van der Waals surface area contributed by atoms with Crippen LogP contribution in [0.2, 0.25) is 0 Å². The Bertz CT molecular complexity index is 561. The van der Waals surface area contributed by atoms with Gasteiger partial charge in [-0.05, 0) is 45.3 Å². The van der Waals surface area contributed by atoms with Gasteiger partial charge in [-0.25, -0.2) is 4.79 Å². The minimum absolute atomic E-state index is 0.0512. The van der Waals surface area contributed by atoms with Crippen molar-refractivity contribution in [3.8, 4) is 5.75 Å². The molecule has 0 amide bonds. The summed E-state index contributed by atoms with van der Waals surface area (Å²) in [5.41, 5.74) is 0.514. The molecule has 1 N–H and O–H groups in total. The molecule has 7 heteroatoms. The van der Waals surface area contributed by atoms with Gasteiger partial charge in [0.2, 0.25) is 0 Å². The normalized spacial score (nSPS) is 18.9. The van der Waals surface area contributed by atoms with Crippen LogP contribution in [0.1, 0.15) is 31.2 Å². The van der Waals surface area contributed by atoms with E-state index in [0.717, 1.165) is 19.4 Å². The fraction of sp³-hybridized carbons (Fsp3) is 0.533. The highest BCUT2D eigenvalue weighted by atomic mass is 16.7. The molecule has 1 heterocycles. The van der Waals surface area contributed by atoms with Crippen LogP contribution < -0.4 is 4.74 Å². The summed E-state index contributed by atoms with van der Waals surface area (Å²) in [6.45, 7) is 1.05. The molecular formula is C15H20N2O5. The van der Waals surface area contributed by atoms with Gasteiger partial charge in [0.05, 0.1) is 4.92 Å². The minimum atomic E-state index is -1.41. The second-order valence-electron chi connectivity index (χ2n) is 5.59. The molecule has 1 unspecified atom stereocenters. The number of non-ortho nitro benzene ring substituents is 1. The summed E-state index contributed by atoms with van der Waals surface area (Å²) in [6, 6.07) is 4.44. The minimum Gasteiger partial charge on any atom is -0.449 e. The molecule has 0 saturated carbocycles. The van der Waals surface area contributed by atoms with Gasteiger partial charge in [0.25, 0.3) is 5.69 Å². The molecule has 1 aliphatic heterocycles. The third-order valence-corrected chi connectivity index (χ3v) is 4.12. The fourth-order valence-corrected chi connectivity index (χ4v) is 2.90. The highest BCUT2D eigenvalue weighted by Gasteiger charge is 2.20. The highest BCUT2D eigenvalue weighted by molar-refractivity contribution is 5.62. The number of nitro benzene ring substituents is 1. The molecule has 1 fully saturated rings. The smallest absolute Gasteiger partial charge is 0.449 e. The molecule has 0 bridgehead atoms. The molecule has 2 rings (SSSR count). The lowest BCUT2D eigenvalue weighted by Gasteiger charge is -2.32. The molecule has 0 aromatic heterocycles. The zero-order valence-electron chi connectivity index (χ0n) is 12.5. The van der Waals surface area contributed by atoms with Crippen LogP contribution in [0.4, 0.5) is 10.5 Å². The van der Waals surface area contributed by atoms with Crippen LogP contribution >= 0.6 is 0 Å². The third kappa shape index (κ3) is 4.17. The second kappa shape index (κ2) is 7.22. The Morgan fingerprint density at radius 2 is 2.27 bits per heavy atom. The van der Waals surface area contributed by atoms with Crippen molar-refractivity contribution in [2.75, 3.05) is 13.6 Å². The SMILES string of the molecule is CN1CCCCC1CCc1cc([N+](=O)[O-])ccc1OC(=O)O. The van der Waals surface area contributed by atoms with Gasteiger partial charge in [0, 0.05) is 23.7 Å². The Hall–Kier alpha value is -2.15. The first kappa shape index (κ1) is 16.2. The van der Waals surface area contributed by atoms with E-state index < -0.39 is 11.1 Å². The number of carboxylic acid groups (broad SMARTS) is 1. The lowest BCUT2D eigenvalue weighted by Crippen LogP contribution is -2.36. The number of benzene rings is 1. The van der Waals surface area contributed by atoms with Crippen molar-refractivity contribution in [1.82, 2.24) is 4.90 Å². The van der Waals surface area contributed by atoms with Crippen molar-refractivity contribution >= 4 is 11.8 Å². The van der Waals surface area contributed by atoms with Gasteiger partial charge in [-0.2, -0.15) is 0 Å². The average Bonchev–Trinajstić information content (AvgIpc) is 2.47. The van der Waals surface area contributed by atoms with Gasteiger partial charge in [0.15, 0.2) is 0 Å². The number of aryl methyl sites for hydroxylation is 1. The third-order valence-electron chi connectivity index (χ3n) is 4.12. The van der Waals surface area contributed by atoms with Crippen LogP contribution in [-0.2, 0) is 6.42 Å². The first-order valence-electron chi connectivity index (χ1n) is 7.35. The number of ether oxygens (including phenoxy) is 1. The summed E-state index contributed by atoms with van der Waals surface area (Å²) in [7, 11) is 2.08. The van der Waals surface area contributed by atoms with Crippen molar-refractivity contribution in [2.24, 2.45) is 0 Å². The number of carbonyl (C=O) groups is 1. The van der Waals surface area contributed by atoms with Crippen LogP contribution in [0, 0.1) is 10.1 Å². The monoisotopic (exact) mass is 308 g/mol. The summed E-state index contributed by atoms with van der Waals surface area (Å²) in [5.74, 6) is 0.177. The standard InChI is InChI=1S/C15H20N2O5/c1-16-9-3-2-4-12(16)6-5-11-10-13(17(20)21)7-8-14(11)22-15(18)19/h7-8,10,12H,2-6,9H2,1H3,(H,18,19). The number of nitro groups is 1. The molecule has 1 aromatic carbocycles. The summed E-state index contributed by atoms with van der Waals surface area (Å²) in [6.07, 6.45) is 3.44. The van der Waals surface area contributed by atoms with Gasteiger partial charge < -0.3 is 14.7 Å². The van der Waals surface area contributed by atoms with E-state index in [1.54, 1.807) is 0 Å². The summed E-state index contributed by atoms with van der Waals surface area (Å²) in [5, 5.41) is 19.6. The van der Waals surface area contributed by atoms with Crippen molar-refractivity contribution < 1.29 is 19.6 Å². The van der Waals surface area contributed by atoms with Crippen LogP contribution in [0.5, 0.6) is 5.75 Å². The van der Waals surface area contributed by atoms with Crippen LogP contribution in [0.25, 0.3) is 0 Å². The molecule has 0 radical (unpaired) electrons. The van der Waals surface area contributed by atoms with Gasteiger partial charge in [0.1, 0.15) is 5.75 Å². The molecule has 1 aromatic rings. The van der Waals surface area contributed by atoms with Crippen molar-refractivity contribution in [3.05, 3.63) is 33.9 Å². The van der Waals surface area contributed by atoms with E-state index in [9.17, 15) is 14.9 Å². The second-order valence-corrected chi connectivity index (χ2v) is 5.59. The zero-order chi connectivity index (χ0) is 16.1. The van der Waals surface area contributed by atoms with Crippen molar-refractivity contribution in [1.29, 1.82) is 0 Å². The predicted octanol–water partition coefficient (Wildman–Crippen LogP) is 3.07. The lowest BCUT2D eigenvalue weighted by molar-refractivity contribution is -0.384. The van der Waals surface area contributed by atoms with E-state index in [-0.39, 0.29) is 11.4 Å². The maximum atomic E-state index is 10.9. The van der Waals surface area contributed by atoms with Crippen molar-refractivity contribution in [3.63, 3.8) is 0 Å². The van der Waals surface area contributed by atoms with E-state index in [1.165, 1.54) is 31.0 Å². The number of rotatable bonds is 5. The molecular weight excluding hydrogens is 288 g/mol. The van der Waals surface area contributed by atoms with Gasteiger partial charge in [-0.1, -0.05) is 6.42 Å².